The van der Waals surface area contributed by atoms with Crippen LogP contribution in [0.3, 0.4) is 0 Å². The third kappa shape index (κ3) is 3.83. The van der Waals surface area contributed by atoms with Crippen molar-refractivity contribution in [2.24, 2.45) is 0 Å². The molecule has 0 fully saturated rings. The van der Waals surface area contributed by atoms with Crippen LogP contribution >= 0.6 is 12.2 Å². The van der Waals surface area contributed by atoms with E-state index >= 15 is 0 Å². The smallest absolute Gasteiger partial charge is 0.169 e. The highest BCUT2D eigenvalue weighted by atomic mass is 32.1. The molecule has 0 saturated carbocycles. The van der Waals surface area contributed by atoms with Gasteiger partial charge in [0.1, 0.15) is 0 Å². The first kappa shape index (κ1) is 11.9. The van der Waals surface area contributed by atoms with Gasteiger partial charge in [0, 0.05) is 19.3 Å². The zero-order chi connectivity index (χ0) is 11.1. The fourth-order valence-electron chi connectivity index (χ4n) is 1.29. The lowest BCUT2D eigenvalue weighted by Crippen LogP contribution is -2.39. The molecule has 1 N–H and O–H groups in total. The number of nitrogens with zero attached hydrogens (tertiary/aromatic N) is 2. The third-order valence-corrected chi connectivity index (χ3v) is 2.60. The van der Waals surface area contributed by atoms with Crippen molar-refractivity contribution in [1.29, 1.82) is 0 Å². The Morgan fingerprint density at radius 2 is 2.13 bits per heavy atom. The van der Waals surface area contributed by atoms with E-state index in [9.17, 15) is 0 Å². The maximum absolute atomic E-state index is 5.26. The normalized spacial score (nSPS) is 9.73. The summed E-state index contributed by atoms with van der Waals surface area (Å²) in [6.45, 7) is 6.75. The number of nitrogens with one attached hydrogen (secondary N) is 1. The minimum absolute atomic E-state index is 0.691. The van der Waals surface area contributed by atoms with E-state index in [0.29, 0.717) is 6.54 Å². The van der Waals surface area contributed by atoms with E-state index in [2.05, 4.69) is 29.0 Å². The number of pyridine rings is 1. The van der Waals surface area contributed by atoms with Gasteiger partial charge in [-0.25, -0.2) is 0 Å². The second-order valence-electron chi connectivity index (χ2n) is 3.15. The fraction of sp³-hybridized carbons (Fsp3) is 0.455. The quantitative estimate of drug-likeness (QED) is 0.788. The summed E-state index contributed by atoms with van der Waals surface area (Å²) < 4.78 is 0. The van der Waals surface area contributed by atoms with E-state index < -0.39 is 0 Å². The Morgan fingerprint density at radius 3 is 2.67 bits per heavy atom. The molecule has 1 aromatic heterocycles. The van der Waals surface area contributed by atoms with E-state index in [1.165, 1.54) is 0 Å². The predicted octanol–water partition coefficient (Wildman–Crippen LogP) is 1.80. The Bertz CT molecular complexity index is 296. The molecule has 0 bridgehead atoms. The van der Waals surface area contributed by atoms with Crippen LogP contribution in [0, 0.1) is 0 Å². The molecule has 0 aliphatic heterocycles. The zero-order valence-electron chi connectivity index (χ0n) is 9.23. The Hall–Kier alpha value is -1.16. The second-order valence-corrected chi connectivity index (χ2v) is 3.54. The summed E-state index contributed by atoms with van der Waals surface area (Å²) in [5.41, 5.74) is 1.01. The van der Waals surface area contributed by atoms with Crippen molar-refractivity contribution in [3.05, 3.63) is 30.1 Å². The van der Waals surface area contributed by atoms with Gasteiger partial charge in [-0.2, -0.15) is 0 Å². The van der Waals surface area contributed by atoms with Gasteiger partial charge < -0.3 is 10.2 Å². The van der Waals surface area contributed by atoms with E-state index in [4.69, 9.17) is 12.2 Å². The molecule has 0 spiro atoms. The van der Waals surface area contributed by atoms with Gasteiger partial charge in [-0.1, -0.05) is 6.07 Å². The summed E-state index contributed by atoms with van der Waals surface area (Å²) in [5.74, 6) is 0. The standard InChI is InChI=1S/C11H17N3S/c1-3-14(4-2)11(15)13-9-10-7-5-6-8-12-10/h5-8H,3-4,9H2,1-2H3,(H,13,15). The maximum Gasteiger partial charge on any atom is 0.169 e. The highest BCUT2D eigenvalue weighted by Gasteiger charge is 2.03. The Kier molecular flexibility index (Phi) is 5.04. The molecule has 1 aromatic rings. The van der Waals surface area contributed by atoms with Crippen molar-refractivity contribution in [1.82, 2.24) is 15.2 Å². The van der Waals surface area contributed by atoms with E-state index in [1.54, 1.807) is 6.20 Å². The number of rotatable bonds is 4. The van der Waals surface area contributed by atoms with Crippen LogP contribution in [-0.4, -0.2) is 28.1 Å². The molecular weight excluding hydrogens is 206 g/mol. The number of hydrogen-bond donors (Lipinski definition) is 1. The highest BCUT2D eigenvalue weighted by Crippen LogP contribution is 1.94. The van der Waals surface area contributed by atoms with Crippen molar-refractivity contribution >= 4 is 17.3 Å². The molecule has 3 nitrogen and oxygen atoms in total. The summed E-state index contributed by atoms with van der Waals surface area (Å²) in [6.07, 6.45) is 1.79. The molecule has 4 heteroatoms. The molecule has 0 radical (unpaired) electrons. The maximum atomic E-state index is 5.26. The lowest BCUT2D eigenvalue weighted by molar-refractivity contribution is 0.455. The van der Waals surface area contributed by atoms with Gasteiger partial charge in [-0.05, 0) is 38.2 Å². The Balaban J connectivity index is 2.40. The van der Waals surface area contributed by atoms with E-state index in [0.717, 1.165) is 23.9 Å². The molecule has 15 heavy (non-hydrogen) atoms. The number of thiocarbonyl (C=S) groups is 1. The molecule has 0 atom stereocenters. The molecule has 0 amide bonds. The summed E-state index contributed by atoms with van der Waals surface area (Å²) in [4.78, 5) is 6.33. The van der Waals surface area contributed by atoms with Crippen LogP contribution in [0.5, 0.6) is 0 Å². The van der Waals surface area contributed by atoms with Crippen molar-refractivity contribution in [2.75, 3.05) is 13.1 Å². The first-order valence-electron chi connectivity index (χ1n) is 5.20. The van der Waals surface area contributed by atoms with Crippen LogP contribution in [0.1, 0.15) is 19.5 Å². The fourth-order valence-corrected chi connectivity index (χ4v) is 1.62. The topological polar surface area (TPSA) is 28.2 Å². The molecule has 0 aromatic carbocycles. The third-order valence-electron chi connectivity index (χ3n) is 2.20. The van der Waals surface area contributed by atoms with Gasteiger partial charge in [0.15, 0.2) is 5.11 Å². The van der Waals surface area contributed by atoms with E-state index in [-0.39, 0.29) is 0 Å². The van der Waals surface area contributed by atoms with Gasteiger partial charge in [0.2, 0.25) is 0 Å². The summed E-state index contributed by atoms with van der Waals surface area (Å²) in [7, 11) is 0. The van der Waals surface area contributed by atoms with Gasteiger partial charge in [-0.3, -0.25) is 4.98 Å². The zero-order valence-corrected chi connectivity index (χ0v) is 10.0. The number of aromatic nitrogens is 1. The van der Waals surface area contributed by atoms with Gasteiger partial charge >= 0.3 is 0 Å². The molecule has 1 rings (SSSR count). The number of hydrogen-bond acceptors (Lipinski definition) is 2. The largest absolute Gasteiger partial charge is 0.357 e. The van der Waals surface area contributed by atoms with Crippen molar-refractivity contribution in [2.45, 2.75) is 20.4 Å². The van der Waals surface area contributed by atoms with Crippen molar-refractivity contribution in [3.63, 3.8) is 0 Å². The molecule has 0 saturated heterocycles. The first-order valence-corrected chi connectivity index (χ1v) is 5.61. The van der Waals surface area contributed by atoms with E-state index in [1.807, 2.05) is 18.2 Å². The lowest BCUT2D eigenvalue weighted by Gasteiger charge is -2.22. The average molecular weight is 223 g/mol. The molecule has 1 heterocycles. The monoisotopic (exact) mass is 223 g/mol. The SMILES string of the molecule is CCN(CC)C(=S)NCc1ccccn1. The summed E-state index contributed by atoms with van der Waals surface area (Å²) in [5, 5.41) is 3.99. The Morgan fingerprint density at radius 1 is 1.40 bits per heavy atom. The van der Waals surface area contributed by atoms with Gasteiger partial charge in [0.25, 0.3) is 0 Å². The molecule has 0 unspecified atom stereocenters. The average Bonchev–Trinajstić information content (AvgIpc) is 2.29. The van der Waals surface area contributed by atoms with Crippen LogP contribution in [0.15, 0.2) is 24.4 Å². The highest BCUT2D eigenvalue weighted by molar-refractivity contribution is 7.80. The second kappa shape index (κ2) is 6.35. The molecule has 82 valence electrons. The van der Waals surface area contributed by atoms with Gasteiger partial charge in [-0.15, -0.1) is 0 Å². The minimum Gasteiger partial charge on any atom is -0.357 e. The lowest BCUT2D eigenvalue weighted by atomic mass is 10.3. The summed E-state index contributed by atoms with van der Waals surface area (Å²) in [6, 6.07) is 5.87. The van der Waals surface area contributed by atoms with Crippen molar-refractivity contribution < 1.29 is 0 Å². The predicted molar refractivity (Wildman–Crippen MR) is 66.6 cm³/mol. The van der Waals surface area contributed by atoms with Gasteiger partial charge in [0.05, 0.1) is 12.2 Å². The van der Waals surface area contributed by atoms with Crippen LogP contribution in [0.2, 0.25) is 0 Å². The molecular formula is C11H17N3S. The molecule has 0 aliphatic rings. The molecule has 0 aliphatic carbocycles. The van der Waals surface area contributed by atoms with Crippen LogP contribution in [-0.2, 0) is 6.54 Å². The van der Waals surface area contributed by atoms with Crippen LogP contribution in [0.4, 0.5) is 0 Å². The first-order chi connectivity index (χ1) is 7.27. The van der Waals surface area contributed by atoms with Crippen molar-refractivity contribution in [3.8, 4) is 0 Å². The van der Waals surface area contributed by atoms with Crippen LogP contribution in [0.25, 0.3) is 0 Å². The Labute approximate surface area is 96.5 Å². The van der Waals surface area contributed by atoms with Crippen LogP contribution < -0.4 is 5.32 Å². The minimum atomic E-state index is 0.691. The summed E-state index contributed by atoms with van der Waals surface area (Å²) >= 11 is 5.26.